The maximum Gasteiger partial charge on any atom is 0.316 e. The molecule has 0 saturated heterocycles. The number of hydrogen-bond acceptors (Lipinski definition) is 1. The molecule has 0 aromatic carbocycles. The van der Waals surface area contributed by atoms with Crippen LogP contribution in [0.5, 0.6) is 0 Å². The van der Waals surface area contributed by atoms with Crippen LogP contribution in [-0.4, -0.2) is 11.0 Å². The molecule has 1 unspecified atom stereocenters. The van der Waals surface area contributed by atoms with Crippen molar-refractivity contribution in [1.29, 1.82) is 0 Å². The van der Waals surface area contributed by atoms with Crippen molar-refractivity contribution >= 4 is 35.9 Å². The molecule has 1 nitrogen and oxygen atoms in total. The summed E-state index contributed by atoms with van der Waals surface area (Å²) in [7, 11) is 2.70. The fourth-order valence-corrected chi connectivity index (χ4v) is 0.895. The zero-order valence-corrected chi connectivity index (χ0v) is 8.47. The normalized spacial score (nSPS) is 9.38. The molecule has 0 fully saturated rings. The van der Waals surface area contributed by atoms with E-state index < -0.39 is 0 Å². The van der Waals surface area contributed by atoms with E-state index in [9.17, 15) is 0 Å². The molecule has 4 heteroatoms. The summed E-state index contributed by atoms with van der Waals surface area (Å²) in [6, 6.07) is 0. The number of unbranched alkanes of at least 4 members (excludes halogenated alkanes) is 1. The molecule has 0 aromatic heterocycles. The van der Waals surface area contributed by atoms with E-state index in [1.807, 2.05) is 0 Å². The van der Waals surface area contributed by atoms with Gasteiger partial charge in [-0.25, -0.2) is 0 Å². The zero-order valence-electron chi connectivity index (χ0n) is 5.15. The molecule has 1 N–H and O–H groups in total. The lowest BCUT2D eigenvalue weighted by molar-refractivity contribution is 0.769. The van der Waals surface area contributed by atoms with Crippen molar-refractivity contribution < 1.29 is 0 Å². The highest BCUT2D eigenvalue weighted by Crippen LogP contribution is 1.98. The van der Waals surface area contributed by atoms with Crippen molar-refractivity contribution in [1.82, 2.24) is 5.23 Å². The minimum absolute atomic E-state index is 0.541. The van der Waals surface area contributed by atoms with Crippen LogP contribution in [0, 0.1) is 0 Å². The first-order chi connectivity index (χ1) is 3.77. The first kappa shape index (κ1) is 9.18. The van der Waals surface area contributed by atoms with E-state index >= 15 is 0 Å². The number of rotatable bonds is 4. The molecule has 1 atom stereocenters. The molecule has 0 rings (SSSR count). The van der Waals surface area contributed by atoms with Gasteiger partial charge in [-0.1, -0.05) is 13.3 Å². The average molecular weight is 243 g/mol. The van der Waals surface area contributed by atoms with Crippen LogP contribution in [0.3, 0.4) is 0 Å². The van der Waals surface area contributed by atoms with Crippen LogP contribution in [0.4, 0.5) is 0 Å². The van der Waals surface area contributed by atoms with E-state index in [0.29, 0.717) is 4.42 Å². The fourth-order valence-electron chi connectivity index (χ4n) is 0.417. The van der Waals surface area contributed by atoms with E-state index in [1.165, 1.54) is 12.8 Å². The third-order valence-corrected chi connectivity index (χ3v) is 1.55. The molecule has 0 spiro atoms. The van der Waals surface area contributed by atoms with Gasteiger partial charge in [0.15, 0.2) is 0 Å². The van der Waals surface area contributed by atoms with Gasteiger partial charge in [0.05, 0.1) is 0 Å². The summed E-state index contributed by atoms with van der Waals surface area (Å²) in [4.78, 5) is 0. The van der Waals surface area contributed by atoms with E-state index in [-0.39, 0.29) is 0 Å². The van der Waals surface area contributed by atoms with Crippen LogP contribution < -0.4 is 5.23 Å². The summed E-state index contributed by atoms with van der Waals surface area (Å²) in [6.45, 7) is 3.35. The lowest BCUT2D eigenvalue weighted by Gasteiger charge is -1.99. The van der Waals surface area contributed by atoms with Gasteiger partial charge in [0.25, 0.3) is 0 Å². The zero-order chi connectivity index (χ0) is 6.41. The van der Waals surface area contributed by atoms with Crippen LogP contribution in [0.2, 0.25) is 0 Å². The van der Waals surface area contributed by atoms with Crippen molar-refractivity contribution in [3.05, 3.63) is 0 Å². The average Bonchev–Trinajstić information content (AvgIpc) is 1.66. The minimum atomic E-state index is 0.541. The second-order valence-electron chi connectivity index (χ2n) is 1.71. The van der Waals surface area contributed by atoms with Crippen molar-refractivity contribution in [3.63, 3.8) is 0 Å². The van der Waals surface area contributed by atoms with E-state index in [1.54, 1.807) is 0 Å². The van der Waals surface area contributed by atoms with Crippen molar-refractivity contribution in [2.24, 2.45) is 0 Å². The Hall–Kier alpha value is 1.18. The number of nitrogens with one attached hydrogen (secondary N) is 1. The third kappa shape index (κ3) is 7.18. The molecule has 48 valence electrons. The summed E-state index contributed by atoms with van der Waals surface area (Å²) in [5.41, 5.74) is 0. The molecule has 0 heterocycles. The smallest absolute Gasteiger partial charge is 0.316 e. The lowest BCUT2D eigenvalue weighted by Crippen LogP contribution is -2.22. The summed E-state index contributed by atoms with van der Waals surface area (Å²) >= 11 is 2.33. The molecule has 0 aromatic rings. The molecule has 0 radical (unpaired) electrons. The van der Waals surface area contributed by atoms with Gasteiger partial charge < -0.3 is 5.23 Å². The van der Waals surface area contributed by atoms with Gasteiger partial charge in [0.1, 0.15) is 0 Å². The summed E-state index contributed by atoms with van der Waals surface area (Å²) in [6.07, 6.45) is 2.56. The highest BCUT2D eigenvalue weighted by Gasteiger charge is 1.96. The molecule has 8 heavy (non-hydrogen) atoms. The minimum Gasteiger partial charge on any atom is -0.343 e. The second kappa shape index (κ2) is 6.31. The number of hydrogen-bond donors (Lipinski definition) is 1. The molecular weight excluding hydrogens is 231 g/mol. The van der Waals surface area contributed by atoms with E-state index in [4.69, 9.17) is 0 Å². The number of halogens is 1. The molecule has 0 aliphatic heterocycles. The molecule has 0 aliphatic carbocycles. The first-order valence-corrected chi connectivity index (χ1v) is 4.81. The maximum atomic E-state index is 3.30. The predicted molar refractivity (Wildman–Crippen MR) is 52.4 cm³/mol. The van der Waals surface area contributed by atoms with Crippen LogP contribution in [0.1, 0.15) is 19.8 Å². The van der Waals surface area contributed by atoms with Crippen LogP contribution in [0.15, 0.2) is 0 Å². The SMILES string of the molecule is CCCCNB(P)I. The molecular formula is C4H12BINP. The topological polar surface area (TPSA) is 12.0 Å². The quantitative estimate of drug-likeness (QED) is 0.342. The molecule has 0 aliphatic rings. The maximum absolute atomic E-state index is 3.30. The summed E-state index contributed by atoms with van der Waals surface area (Å²) < 4.78 is 0.541. The lowest BCUT2D eigenvalue weighted by atomic mass is 10.3. The van der Waals surface area contributed by atoms with Crippen LogP contribution in [-0.2, 0) is 0 Å². The van der Waals surface area contributed by atoms with Crippen molar-refractivity contribution in [2.75, 3.05) is 6.54 Å². The third-order valence-electron chi connectivity index (χ3n) is 0.870. The Balaban J connectivity index is 2.72. The first-order valence-electron chi connectivity index (χ1n) is 2.90. The highest BCUT2D eigenvalue weighted by atomic mass is 127. The molecule has 0 amide bonds. The fraction of sp³-hybridized carbons (Fsp3) is 1.00. The summed E-state index contributed by atoms with van der Waals surface area (Å²) in [5.74, 6) is 0. The van der Waals surface area contributed by atoms with Gasteiger partial charge in [-0.2, -0.15) is 0 Å². The Labute approximate surface area is 67.5 Å². The van der Waals surface area contributed by atoms with Gasteiger partial charge in [-0.05, 0) is 13.0 Å². The molecule has 0 bridgehead atoms. The van der Waals surface area contributed by atoms with Gasteiger partial charge in [-0.15, -0.1) is 31.5 Å². The predicted octanol–water partition coefficient (Wildman–Crippen LogP) is 1.67. The van der Waals surface area contributed by atoms with Crippen LogP contribution in [0.25, 0.3) is 0 Å². The Bertz CT molecular complexity index is 53.3. The second-order valence-corrected chi connectivity index (χ2v) is 5.08. The highest BCUT2D eigenvalue weighted by molar-refractivity contribution is 14.1. The molecule has 0 saturated carbocycles. The Morgan fingerprint density at radius 3 is 2.75 bits per heavy atom. The Morgan fingerprint density at radius 2 is 2.38 bits per heavy atom. The van der Waals surface area contributed by atoms with E-state index in [2.05, 4.69) is 43.6 Å². The monoisotopic (exact) mass is 243 g/mol. The van der Waals surface area contributed by atoms with E-state index in [0.717, 1.165) is 6.54 Å². The van der Waals surface area contributed by atoms with Crippen LogP contribution >= 0.6 is 31.5 Å². The van der Waals surface area contributed by atoms with Crippen molar-refractivity contribution in [3.8, 4) is 0 Å². The van der Waals surface area contributed by atoms with Gasteiger partial charge in [0, 0.05) is 0 Å². The summed E-state index contributed by atoms with van der Waals surface area (Å²) in [5, 5.41) is 3.30. The van der Waals surface area contributed by atoms with Gasteiger partial charge >= 0.3 is 4.42 Å². The van der Waals surface area contributed by atoms with Gasteiger partial charge in [0.2, 0.25) is 0 Å². The standard InChI is InChI=1S/C4H12BINP/c1-2-3-4-7-5(6)8/h7H,2-4,8H2,1H3. The van der Waals surface area contributed by atoms with Gasteiger partial charge in [-0.3, -0.25) is 0 Å². The largest absolute Gasteiger partial charge is 0.343 e. The Kier molecular flexibility index (Phi) is 7.24. The van der Waals surface area contributed by atoms with Crippen molar-refractivity contribution in [2.45, 2.75) is 19.8 Å². The Morgan fingerprint density at radius 1 is 1.75 bits per heavy atom.